The number of hydrogen-bond donors (Lipinski definition) is 0. The van der Waals surface area contributed by atoms with Gasteiger partial charge in [0.05, 0.1) is 18.7 Å². The summed E-state index contributed by atoms with van der Waals surface area (Å²) in [5.41, 5.74) is -0.0265. The molecule has 0 aliphatic heterocycles. The molecule has 0 aromatic heterocycles. The molecule has 0 atom stereocenters. The van der Waals surface area contributed by atoms with E-state index in [4.69, 9.17) is 21.1 Å². The van der Waals surface area contributed by atoms with Crippen molar-refractivity contribution in [3.63, 3.8) is 0 Å². The van der Waals surface area contributed by atoms with E-state index >= 15 is 0 Å². The highest BCUT2D eigenvalue weighted by molar-refractivity contribution is 6.32. The van der Waals surface area contributed by atoms with Crippen LogP contribution in [0.1, 0.15) is 17.3 Å². The number of carbonyl (C=O) groups is 1. The molecule has 1 aromatic carbocycles. The van der Waals surface area contributed by atoms with Crippen LogP contribution in [-0.2, 0) is 0 Å². The van der Waals surface area contributed by atoms with Crippen molar-refractivity contribution >= 4 is 17.5 Å². The van der Waals surface area contributed by atoms with Gasteiger partial charge in [-0.3, -0.25) is 4.79 Å². The zero-order valence-electron chi connectivity index (χ0n) is 12.7. The number of hydrogen-bond acceptors (Lipinski definition) is 3. The van der Waals surface area contributed by atoms with Crippen LogP contribution in [0.3, 0.4) is 0 Å². The summed E-state index contributed by atoms with van der Waals surface area (Å²) in [6.45, 7) is 3.80. The van der Waals surface area contributed by atoms with Crippen molar-refractivity contribution in [2.45, 2.75) is 13.1 Å². The van der Waals surface area contributed by atoms with E-state index in [9.17, 15) is 18.0 Å². The van der Waals surface area contributed by atoms with Gasteiger partial charge in [-0.05, 0) is 19.1 Å². The average molecular weight is 352 g/mol. The van der Waals surface area contributed by atoms with Gasteiger partial charge in [-0.25, -0.2) is 0 Å². The van der Waals surface area contributed by atoms with Crippen LogP contribution in [0.15, 0.2) is 24.8 Å². The largest absolute Gasteiger partial charge is 0.493 e. The van der Waals surface area contributed by atoms with Crippen LogP contribution in [0.2, 0.25) is 5.02 Å². The standard InChI is InChI=1S/C15H17ClF3NO3/c1-4-6-20(9-15(17,18)19)14(21)10-7-11(16)13(23-5-2)12(8-10)22-3/h4,7-8H,1,5-6,9H2,2-3H3. The summed E-state index contributed by atoms with van der Waals surface area (Å²) in [5.74, 6) is -0.418. The fraction of sp³-hybridized carbons (Fsp3) is 0.400. The van der Waals surface area contributed by atoms with E-state index in [2.05, 4.69) is 6.58 Å². The summed E-state index contributed by atoms with van der Waals surface area (Å²) in [6.07, 6.45) is -3.30. The van der Waals surface area contributed by atoms with Crippen molar-refractivity contribution < 1.29 is 27.4 Å². The lowest BCUT2D eigenvalue weighted by atomic mass is 10.1. The quantitative estimate of drug-likeness (QED) is 0.698. The van der Waals surface area contributed by atoms with Crippen molar-refractivity contribution in [3.05, 3.63) is 35.4 Å². The van der Waals surface area contributed by atoms with Crippen LogP contribution in [0.25, 0.3) is 0 Å². The maximum absolute atomic E-state index is 12.6. The van der Waals surface area contributed by atoms with E-state index in [1.165, 1.54) is 25.3 Å². The number of benzene rings is 1. The van der Waals surface area contributed by atoms with Gasteiger partial charge < -0.3 is 14.4 Å². The fourth-order valence-electron chi connectivity index (χ4n) is 1.90. The van der Waals surface area contributed by atoms with Crippen LogP contribution in [0.5, 0.6) is 11.5 Å². The number of carbonyl (C=O) groups excluding carboxylic acids is 1. The first-order chi connectivity index (χ1) is 10.7. The second kappa shape index (κ2) is 8.10. The minimum Gasteiger partial charge on any atom is -0.493 e. The first-order valence-corrected chi connectivity index (χ1v) is 7.08. The summed E-state index contributed by atoms with van der Waals surface area (Å²) in [6, 6.07) is 2.55. The van der Waals surface area contributed by atoms with Crippen LogP contribution < -0.4 is 9.47 Å². The first-order valence-electron chi connectivity index (χ1n) is 6.70. The normalized spacial score (nSPS) is 11.0. The van der Waals surface area contributed by atoms with Crippen LogP contribution in [0, 0.1) is 0 Å². The molecule has 1 aromatic rings. The molecule has 0 bridgehead atoms. The Hall–Kier alpha value is -1.89. The Labute approximate surface area is 137 Å². The first kappa shape index (κ1) is 19.2. The van der Waals surface area contributed by atoms with Gasteiger partial charge in [0.2, 0.25) is 0 Å². The molecule has 4 nitrogen and oxygen atoms in total. The number of amides is 1. The molecule has 0 N–H and O–H groups in total. The van der Waals surface area contributed by atoms with Crippen LogP contribution in [-0.4, -0.2) is 43.8 Å². The molecule has 0 heterocycles. The lowest BCUT2D eigenvalue weighted by Crippen LogP contribution is -2.39. The van der Waals surface area contributed by atoms with E-state index in [-0.39, 0.29) is 28.6 Å². The van der Waals surface area contributed by atoms with E-state index in [1.807, 2.05) is 0 Å². The zero-order chi connectivity index (χ0) is 17.6. The Morgan fingerprint density at radius 2 is 2.09 bits per heavy atom. The maximum atomic E-state index is 12.6. The van der Waals surface area contributed by atoms with E-state index < -0.39 is 18.6 Å². The van der Waals surface area contributed by atoms with E-state index in [0.717, 1.165) is 0 Å². The third-order valence-corrected chi connectivity index (χ3v) is 3.05. The van der Waals surface area contributed by atoms with Gasteiger partial charge in [-0.2, -0.15) is 13.2 Å². The molecule has 0 unspecified atom stereocenters. The van der Waals surface area contributed by atoms with Gasteiger partial charge in [0.25, 0.3) is 5.91 Å². The minimum absolute atomic E-state index is 0.0265. The summed E-state index contributed by atoms with van der Waals surface area (Å²) in [4.78, 5) is 12.9. The average Bonchev–Trinajstić information content (AvgIpc) is 2.46. The van der Waals surface area contributed by atoms with Gasteiger partial charge in [-0.15, -0.1) is 6.58 Å². The molecule has 23 heavy (non-hydrogen) atoms. The molecule has 8 heteroatoms. The molecule has 0 saturated heterocycles. The predicted octanol–water partition coefficient (Wildman–Crippen LogP) is 3.94. The summed E-state index contributed by atoms with van der Waals surface area (Å²) < 4.78 is 48.2. The third-order valence-electron chi connectivity index (χ3n) is 2.77. The molecule has 1 rings (SSSR count). The van der Waals surface area contributed by atoms with Gasteiger partial charge in [0.15, 0.2) is 11.5 Å². The summed E-state index contributed by atoms with van der Waals surface area (Å²) in [7, 11) is 1.35. The fourth-order valence-corrected chi connectivity index (χ4v) is 2.17. The van der Waals surface area contributed by atoms with Gasteiger partial charge in [-0.1, -0.05) is 17.7 Å². The number of nitrogens with zero attached hydrogens (tertiary/aromatic N) is 1. The van der Waals surface area contributed by atoms with E-state index in [1.54, 1.807) is 6.92 Å². The number of ether oxygens (including phenoxy) is 2. The molecule has 0 saturated carbocycles. The summed E-state index contributed by atoms with van der Waals surface area (Å²) in [5, 5.41) is 0.0834. The number of alkyl halides is 3. The van der Waals surface area contributed by atoms with Crippen molar-refractivity contribution in [1.82, 2.24) is 4.90 Å². The predicted molar refractivity (Wildman–Crippen MR) is 81.3 cm³/mol. The maximum Gasteiger partial charge on any atom is 0.406 e. The van der Waals surface area contributed by atoms with Gasteiger partial charge in [0.1, 0.15) is 6.54 Å². The Balaban J connectivity index is 3.19. The third kappa shape index (κ3) is 5.35. The molecule has 0 fully saturated rings. The molecule has 128 valence electrons. The van der Waals surface area contributed by atoms with Crippen LogP contribution >= 0.6 is 11.6 Å². The Morgan fingerprint density at radius 1 is 1.43 bits per heavy atom. The second-order valence-electron chi connectivity index (χ2n) is 4.51. The zero-order valence-corrected chi connectivity index (χ0v) is 13.5. The summed E-state index contributed by atoms with van der Waals surface area (Å²) >= 11 is 6.03. The van der Waals surface area contributed by atoms with Gasteiger partial charge in [0, 0.05) is 12.1 Å². The molecule has 0 aliphatic rings. The highest BCUT2D eigenvalue weighted by atomic mass is 35.5. The molecule has 1 amide bonds. The number of rotatable bonds is 7. The Kier molecular flexibility index (Phi) is 6.75. The second-order valence-corrected chi connectivity index (χ2v) is 4.92. The molecular formula is C15H17ClF3NO3. The monoisotopic (exact) mass is 351 g/mol. The Bertz CT molecular complexity index is 576. The highest BCUT2D eigenvalue weighted by Crippen LogP contribution is 2.36. The van der Waals surface area contributed by atoms with Crippen LogP contribution in [0.4, 0.5) is 13.2 Å². The van der Waals surface area contributed by atoms with Gasteiger partial charge >= 0.3 is 6.18 Å². The number of halogens is 4. The highest BCUT2D eigenvalue weighted by Gasteiger charge is 2.33. The van der Waals surface area contributed by atoms with Crippen molar-refractivity contribution in [1.29, 1.82) is 0 Å². The van der Waals surface area contributed by atoms with E-state index in [0.29, 0.717) is 11.5 Å². The van der Waals surface area contributed by atoms with Crippen molar-refractivity contribution in [2.75, 3.05) is 26.8 Å². The molecule has 0 spiro atoms. The molecule has 0 aliphatic carbocycles. The Morgan fingerprint density at radius 3 is 2.57 bits per heavy atom. The smallest absolute Gasteiger partial charge is 0.406 e. The minimum atomic E-state index is -4.52. The van der Waals surface area contributed by atoms with Crippen molar-refractivity contribution in [2.24, 2.45) is 0 Å². The SMILES string of the molecule is C=CCN(CC(F)(F)F)C(=O)c1cc(Cl)c(OCC)c(OC)c1. The number of methoxy groups -OCH3 is 1. The van der Waals surface area contributed by atoms with Crippen molar-refractivity contribution in [3.8, 4) is 11.5 Å². The molecular weight excluding hydrogens is 335 g/mol. The lowest BCUT2D eigenvalue weighted by Gasteiger charge is -2.23. The lowest BCUT2D eigenvalue weighted by molar-refractivity contribution is -0.139. The molecule has 0 radical (unpaired) electrons. The topological polar surface area (TPSA) is 38.8 Å².